The summed E-state index contributed by atoms with van der Waals surface area (Å²) in [6.45, 7) is 4.47. The molecule has 0 spiro atoms. The van der Waals surface area contributed by atoms with Gasteiger partial charge in [-0.1, -0.05) is 53.1 Å². The van der Waals surface area contributed by atoms with E-state index in [4.69, 9.17) is 18.9 Å². The van der Waals surface area contributed by atoms with Crippen LogP contribution < -0.4 is 19.5 Å². The molecule has 2 aromatic rings. The van der Waals surface area contributed by atoms with Gasteiger partial charge >= 0.3 is 0 Å². The molecule has 0 N–H and O–H groups in total. The first-order chi connectivity index (χ1) is 13.5. The molecule has 0 aliphatic rings. The molecule has 152 valence electrons. The van der Waals surface area contributed by atoms with Crippen molar-refractivity contribution in [1.82, 2.24) is 0 Å². The number of carbonyl (C=O) groups excluding carboxylic acids is 1. The fourth-order valence-electron chi connectivity index (χ4n) is 3.30. The van der Waals surface area contributed by atoms with Crippen LogP contribution in [0, 0.1) is 0 Å². The summed E-state index contributed by atoms with van der Waals surface area (Å²) >= 11 is 0. The SMILES string of the molecule is CCCC(C)(Pc1ccccc1C=O)c1cc(OC)cc(OC)c1OCOC. The molecule has 6 heteroatoms. The Morgan fingerprint density at radius 1 is 1.11 bits per heavy atom. The van der Waals surface area contributed by atoms with Gasteiger partial charge in [0.25, 0.3) is 0 Å². The van der Waals surface area contributed by atoms with Crippen LogP contribution in [0.25, 0.3) is 0 Å². The Balaban J connectivity index is 2.63. The highest BCUT2D eigenvalue weighted by atomic mass is 31.1. The lowest BCUT2D eigenvalue weighted by Crippen LogP contribution is -2.22. The van der Waals surface area contributed by atoms with Crippen molar-refractivity contribution in [2.75, 3.05) is 28.1 Å². The second-order valence-electron chi connectivity index (χ2n) is 6.67. The second-order valence-corrected chi connectivity index (χ2v) is 8.56. The second kappa shape index (κ2) is 10.4. The number of rotatable bonds is 11. The summed E-state index contributed by atoms with van der Waals surface area (Å²) in [5.74, 6) is 1.95. The average Bonchev–Trinajstić information content (AvgIpc) is 2.72. The molecule has 0 radical (unpaired) electrons. The maximum absolute atomic E-state index is 11.5. The minimum Gasteiger partial charge on any atom is -0.497 e. The zero-order valence-electron chi connectivity index (χ0n) is 17.2. The fraction of sp³-hybridized carbons (Fsp3) is 0.409. The Hall–Kier alpha value is -2.10. The summed E-state index contributed by atoms with van der Waals surface area (Å²) in [5.41, 5.74) is 1.71. The Morgan fingerprint density at radius 2 is 1.86 bits per heavy atom. The molecule has 0 saturated heterocycles. The molecule has 2 unspecified atom stereocenters. The van der Waals surface area contributed by atoms with Crippen molar-refractivity contribution >= 4 is 20.2 Å². The van der Waals surface area contributed by atoms with Gasteiger partial charge in [0.15, 0.2) is 24.6 Å². The maximum Gasteiger partial charge on any atom is 0.188 e. The highest BCUT2D eigenvalue weighted by Crippen LogP contribution is 2.52. The van der Waals surface area contributed by atoms with E-state index in [0.29, 0.717) is 25.8 Å². The number of methoxy groups -OCH3 is 3. The van der Waals surface area contributed by atoms with Gasteiger partial charge in [0.1, 0.15) is 5.75 Å². The molecule has 0 saturated carbocycles. The summed E-state index contributed by atoms with van der Waals surface area (Å²) in [6.07, 6.45) is 2.82. The quantitative estimate of drug-likeness (QED) is 0.313. The highest BCUT2D eigenvalue weighted by molar-refractivity contribution is 7.48. The molecule has 0 fully saturated rings. The van der Waals surface area contributed by atoms with E-state index >= 15 is 0 Å². The Morgan fingerprint density at radius 3 is 2.46 bits per heavy atom. The summed E-state index contributed by atoms with van der Waals surface area (Å²) < 4.78 is 22.1. The molecular formula is C22H29O5P. The van der Waals surface area contributed by atoms with Crippen LogP contribution in [0.1, 0.15) is 42.6 Å². The first-order valence-electron chi connectivity index (χ1n) is 9.23. The first-order valence-corrected chi connectivity index (χ1v) is 10.2. The molecular weight excluding hydrogens is 375 g/mol. The Kier molecular flexibility index (Phi) is 8.28. The summed E-state index contributed by atoms with van der Waals surface area (Å²) in [4.78, 5) is 11.5. The van der Waals surface area contributed by atoms with Crippen molar-refractivity contribution < 1.29 is 23.7 Å². The summed E-state index contributed by atoms with van der Waals surface area (Å²) in [6, 6.07) is 11.5. The lowest BCUT2D eigenvalue weighted by molar-refractivity contribution is 0.0479. The Labute approximate surface area is 169 Å². The van der Waals surface area contributed by atoms with Crippen molar-refractivity contribution in [3.63, 3.8) is 0 Å². The van der Waals surface area contributed by atoms with E-state index in [2.05, 4.69) is 13.8 Å². The predicted octanol–water partition coefficient (Wildman–Crippen LogP) is 4.52. The molecule has 2 atom stereocenters. The van der Waals surface area contributed by atoms with E-state index in [1.807, 2.05) is 36.4 Å². The van der Waals surface area contributed by atoms with Crippen LogP contribution in [0.15, 0.2) is 36.4 Å². The first kappa shape index (κ1) is 22.2. The van der Waals surface area contributed by atoms with Crippen molar-refractivity contribution in [3.05, 3.63) is 47.5 Å². The zero-order chi connectivity index (χ0) is 20.6. The number of hydrogen-bond acceptors (Lipinski definition) is 5. The van der Waals surface area contributed by atoms with Crippen molar-refractivity contribution in [2.24, 2.45) is 0 Å². The van der Waals surface area contributed by atoms with Crippen LogP contribution in [-0.4, -0.2) is 34.4 Å². The minimum atomic E-state index is -0.265. The van der Waals surface area contributed by atoms with Crippen LogP contribution in [0.3, 0.4) is 0 Å². The average molecular weight is 404 g/mol. The topological polar surface area (TPSA) is 54.0 Å². The third kappa shape index (κ3) is 5.03. The largest absolute Gasteiger partial charge is 0.497 e. The van der Waals surface area contributed by atoms with Crippen molar-refractivity contribution in [3.8, 4) is 17.2 Å². The van der Waals surface area contributed by atoms with Gasteiger partial charge in [-0.05, 0) is 17.8 Å². The predicted molar refractivity (Wildman–Crippen MR) is 114 cm³/mol. The van der Waals surface area contributed by atoms with Crippen molar-refractivity contribution in [2.45, 2.75) is 31.8 Å². The molecule has 0 aliphatic heterocycles. The fourth-order valence-corrected chi connectivity index (χ4v) is 5.05. The van der Waals surface area contributed by atoms with Crippen molar-refractivity contribution in [1.29, 1.82) is 0 Å². The van der Waals surface area contributed by atoms with Gasteiger partial charge in [-0.2, -0.15) is 0 Å². The monoisotopic (exact) mass is 404 g/mol. The molecule has 0 heterocycles. The van der Waals surface area contributed by atoms with Gasteiger partial charge in [-0.25, -0.2) is 0 Å². The van der Waals surface area contributed by atoms with E-state index in [0.717, 1.165) is 35.6 Å². The van der Waals surface area contributed by atoms with Crippen LogP contribution in [0.2, 0.25) is 0 Å². The van der Waals surface area contributed by atoms with Gasteiger partial charge in [0.2, 0.25) is 0 Å². The normalized spacial score (nSPS) is 13.3. The van der Waals surface area contributed by atoms with Crippen LogP contribution in [0.4, 0.5) is 0 Å². The van der Waals surface area contributed by atoms with E-state index in [1.54, 1.807) is 21.3 Å². The molecule has 0 amide bonds. The maximum atomic E-state index is 11.5. The highest BCUT2D eigenvalue weighted by Gasteiger charge is 2.33. The lowest BCUT2D eigenvalue weighted by Gasteiger charge is -2.33. The van der Waals surface area contributed by atoms with E-state index in [-0.39, 0.29) is 11.9 Å². The standard InChI is InChI=1S/C22H29O5P/c1-6-11-22(2,28-20-10-8-7-9-16(20)14-23)18-12-17(25-4)13-19(26-5)21(18)27-15-24-3/h7-10,12-14,28H,6,11,15H2,1-5H3. The molecule has 28 heavy (non-hydrogen) atoms. The van der Waals surface area contributed by atoms with E-state index < -0.39 is 0 Å². The molecule has 0 aromatic heterocycles. The third-order valence-electron chi connectivity index (χ3n) is 4.65. The van der Waals surface area contributed by atoms with Gasteiger partial charge in [-0.15, -0.1) is 0 Å². The van der Waals surface area contributed by atoms with Crippen LogP contribution in [0.5, 0.6) is 17.2 Å². The van der Waals surface area contributed by atoms with E-state index in [1.165, 1.54) is 0 Å². The molecule has 0 bridgehead atoms. The van der Waals surface area contributed by atoms with Gasteiger partial charge < -0.3 is 18.9 Å². The molecule has 5 nitrogen and oxygen atoms in total. The number of ether oxygens (including phenoxy) is 4. The van der Waals surface area contributed by atoms with Gasteiger partial charge in [0, 0.05) is 29.5 Å². The third-order valence-corrected chi connectivity index (χ3v) is 6.44. The number of carbonyl (C=O) groups is 1. The summed E-state index contributed by atoms with van der Waals surface area (Å²) in [7, 11) is 5.20. The minimum absolute atomic E-state index is 0.117. The smallest absolute Gasteiger partial charge is 0.188 e. The molecule has 2 aromatic carbocycles. The number of hydrogen-bond donors (Lipinski definition) is 0. The molecule has 0 aliphatic carbocycles. The zero-order valence-corrected chi connectivity index (χ0v) is 18.2. The van der Waals surface area contributed by atoms with E-state index in [9.17, 15) is 4.79 Å². The summed E-state index contributed by atoms with van der Waals surface area (Å²) in [5, 5.41) is 0.770. The van der Waals surface area contributed by atoms with Gasteiger partial charge in [0.05, 0.1) is 14.2 Å². The Bertz CT molecular complexity index is 792. The number of benzene rings is 2. The molecule has 2 rings (SSSR count). The van der Waals surface area contributed by atoms with Gasteiger partial charge in [-0.3, -0.25) is 4.79 Å². The number of aldehydes is 1. The van der Waals surface area contributed by atoms with Crippen LogP contribution >= 0.6 is 8.58 Å². The lowest BCUT2D eigenvalue weighted by atomic mass is 9.93. The van der Waals surface area contributed by atoms with Crippen LogP contribution in [-0.2, 0) is 9.89 Å².